The predicted molar refractivity (Wildman–Crippen MR) is 138 cm³/mol. The Morgan fingerprint density at radius 3 is 2.51 bits per heavy atom. The van der Waals surface area contributed by atoms with Gasteiger partial charge in [0.15, 0.2) is 5.78 Å². The monoisotopic (exact) mass is 483 g/mol. The molecule has 6 rings (SSSR count). The molecule has 2 aliphatic rings. The van der Waals surface area contributed by atoms with Crippen molar-refractivity contribution in [2.24, 2.45) is 0 Å². The summed E-state index contributed by atoms with van der Waals surface area (Å²) in [6.07, 6.45) is 1.17. The van der Waals surface area contributed by atoms with Gasteiger partial charge < -0.3 is 10.1 Å². The highest BCUT2D eigenvalue weighted by Gasteiger charge is 2.41. The maximum atomic E-state index is 13.7. The number of fused-ring (bicyclic) bond motifs is 1. The number of thiophene rings is 1. The van der Waals surface area contributed by atoms with Crippen molar-refractivity contribution in [2.75, 3.05) is 11.9 Å². The molecule has 1 aliphatic carbocycles. The third-order valence-corrected chi connectivity index (χ3v) is 7.81. The summed E-state index contributed by atoms with van der Waals surface area (Å²) in [4.78, 5) is 28.6. The Bertz CT molecular complexity index is 1460. The van der Waals surface area contributed by atoms with Gasteiger partial charge in [-0.25, -0.2) is 4.68 Å². The molecule has 6 nitrogen and oxygen atoms in total. The molecule has 0 amide bonds. The number of hydrogen-bond donors (Lipinski definition) is 2. The van der Waals surface area contributed by atoms with Crippen LogP contribution in [0.2, 0.25) is 0 Å². The molecule has 0 saturated heterocycles. The van der Waals surface area contributed by atoms with Gasteiger partial charge in [-0.3, -0.25) is 14.7 Å². The van der Waals surface area contributed by atoms with E-state index in [1.165, 1.54) is 4.88 Å². The normalized spacial score (nSPS) is 19.2. The number of carbonyl (C=O) groups is 1. The summed E-state index contributed by atoms with van der Waals surface area (Å²) in [6, 6.07) is 21.4. The van der Waals surface area contributed by atoms with Gasteiger partial charge in [-0.05, 0) is 54.6 Å². The van der Waals surface area contributed by atoms with Crippen molar-refractivity contribution >= 4 is 22.9 Å². The number of ketones is 1. The molecular weight excluding hydrogens is 458 g/mol. The average Bonchev–Trinajstić information content (AvgIpc) is 3.53. The van der Waals surface area contributed by atoms with E-state index in [1.807, 2.05) is 67.6 Å². The number of nitrogens with one attached hydrogen (secondary N) is 2. The molecule has 2 atom stereocenters. The number of nitrogens with zero attached hydrogens (tertiary/aromatic N) is 1. The number of para-hydroxylation sites is 1. The molecule has 35 heavy (non-hydrogen) atoms. The minimum absolute atomic E-state index is 0.0912. The number of Topliss-reactive ketones (excluding diaryl/α,β-unsaturated/α-hetero) is 1. The molecule has 0 bridgehead atoms. The van der Waals surface area contributed by atoms with Crippen LogP contribution < -0.4 is 15.6 Å². The summed E-state index contributed by atoms with van der Waals surface area (Å²) in [7, 11) is 0. The number of allylic oxidation sites excluding steroid dienone is 2. The second-order valence-electron chi connectivity index (χ2n) is 8.87. The number of aromatic amines is 1. The largest absolute Gasteiger partial charge is 0.494 e. The van der Waals surface area contributed by atoms with Crippen molar-refractivity contribution in [2.45, 2.75) is 31.6 Å². The molecule has 0 saturated carbocycles. The topological polar surface area (TPSA) is 76.1 Å². The summed E-state index contributed by atoms with van der Waals surface area (Å²) in [6.45, 7) is 2.52. The third kappa shape index (κ3) is 3.72. The lowest BCUT2D eigenvalue weighted by molar-refractivity contribution is -0.116. The number of benzene rings is 2. The number of anilines is 1. The molecule has 2 aromatic carbocycles. The van der Waals surface area contributed by atoms with E-state index in [0.717, 1.165) is 29.1 Å². The van der Waals surface area contributed by atoms with Crippen molar-refractivity contribution in [1.82, 2.24) is 9.78 Å². The van der Waals surface area contributed by atoms with E-state index in [4.69, 9.17) is 4.74 Å². The van der Waals surface area contributed by atoms with Crippen molar-refractivity contribution in [3.63, 3.8) is 0 Å². The van der Waals surface area contributed by atoms with Crippen LogP contribution in [0.15, 0.2) is 88.2 Å². The first-order valence-corrected chi connectivity index (χ1v) is 12.7. The van der Waals surface area contributed by atoms with Crippen LogP contribution in [-0.2, 0) is 4.79 Å². The fourth-order valence-corrected chi connectivity index (χ4v) is 6.06. The van der Waals surface area contributed by atoms with Gasteiger partial charge >= 0.3 is 0 Å². The quantitative estimate of drug-likeness (QED) is 0.388. The SMILES string of the molecule is CCOc1ccc([C@@H]2C3=C(C[C@@H](c4cccs4)CC3=O)Nc3[nH]n(-c4ccccc4)c(=O)c32)cc1. The van der Waals surface area contributed by atoms with Crippen LogP contribution in [0.4, 0.5) is 5.82 Å². The van der Waals surface area contributed by atoms with E-state index in [1.54, 1.807) is 16.0 Å². The number of ether oxygens (including phenoxy) is 1. The fourth-order valence-electron chi connectivity index (χ4n) is 5.23. The van der Waals surface area contributed by atoms with Crippen LogP contribution in [0.25, 0.3) is 5.69 Å². The van der Waals surface area contributed by atoms with E-state index >= 15 is 0 Å². The van der Waals surface area contributed by atoms with Gasteiger partial charge in [0.05, 0.1) is 17.9 Å². The molecule has 1 aliphatic heterocycles. The molecule has 0 unspecified atom stereocenters. The summed E-state index contributed by atoms with van der Waals surface area (Å²) in [5.74, 6) is 1.20. The number of aromatic nitrogens is 2. The van der Waals surface area contributed by atoms with E-state index < -0.39 is 5.92 Å². The summed E-state index contributed by atoms with van der Waals surface area (Å²) >= 11 is 1.69. The van der Waals surface area contributed by atoms with Gasteiger partial charge in [0, 0.05) is 34.4 Å². The maximum absolute atomic E-state index is 13.7. The Morgan fingerprint density at radius 2 is 1.80 bits per heavy atom. The zero-order chi connectivity index (χ0) is 23.9. The summed E-state index contributed by atoms with van der Waals surface area (Å²) < 4.78 is 7.18. The fraction of sp³-hybridized carbons (Fsp3) is 0.214. The Kier molecular flexibility index (Phi) is 5.41. The molecule has 0 radical (unpaired) electrons. The smallest absolute Gasteiger partial charge is 0.277 e. The van der Waals surface area contributed by atoms with Crippen molar-refractivity contribution in [3.05, 3.63) is 110 Å². The zero-order valence-corrected chi connectivity index (χ0v) is 20.1. The molecule has 4 aromatic rings. The lowest BCUT2D eigenvalue weighted by atomic mass is 9.74. The maximum Gasteiger partial charge on any atom is 0.277 e. The molecular formula is C28H25N3O3S. The van der Waals surface area contributed by atoms with Crippen LogP contribution in [0, 0.1) is 0 Å². The highest BCUT2D eigenvalue weighted by Crippen LogP contribution is 2.47. The van der Waals surface area contributed by atoms with Gasteiger partial charge in [-0.15, -0.1) is 11.3 Å². The van der Waals surface area contributed by atoms with Gasteiger partial charge in [-0.2, -0.15) is 0 Å². The lowest BCUT2D eigenvalue weighted by Gasteiger charge is -2.34. The van der Waals surface area contributed by atoms with E-state index in [0.29, 0.717) is 30.0 Å². The van der Waals surface area contributed by atoms with E-state index in [9.17, 15) is 9.59 Å². The first-order chi connectivity index (χ1) is 17.1. The van der Waals surface area contributed by atoms with Gasteiger partial charge in [0.1, 0.15) is 11.6 Å². The lowest BCUT2D eigenvalue weighted by Crippen LogP contribution is -2.31. The predicted octanol–water partition coefficient (Wildman–Crippen LogP) is 5.58. The highest BCUT2D eigenvalue weighted by molar-refractivity contribution is 7.10. The van der Waals surface area contributed by atoms with Crippen LogP contribution in [-0.4, -0.2) is 22.2 Å². The van der Waals surface area contributed by atoms with Crippen LogP contribution in [0.1, 0.15) is 47.6 Å². The minimum atomic E-state index is -0.442. The second kappa shape index (κ2) is 8.74. The number of hydrogen-bond acceptors (Lipinski definition) is 5. The number of rotatable bonds is 5. The Labute approximate surface area is 206 Å². The van der Waals surface area contributed by atoms with E-state index in [2.05, 4.69) is 21.9 Å². The highest BCUT2D eigenvalue weighted by atomic mass is 32.1. The summed E-state index contributed by atoms with van der Waals surface area (Å²) in [5, 5.41) is 8.77. The van der Waals surface area contributed by atoms with E-state index in [-0.39, 0.29) is 17.3 Å². The molecule has 2 aromatic heterocycles. The molecule has 2 N–H and O–H groups in total. The van der Waals surface area contributed by atoms with Gasteiger partial charge in [0.2, 0.25) is 0 Å². The molecule has 0 fully saturated rings. The molecule has 7 heteroatoms. The first-order valence-electron chi connectivity index (χ1n) is 11.8. The first kappa shape index (κ1) is 21.7. The summed E-state index contributed by atoms with van der Waals surface area (Å²) in [5.41, 5.74) is 3.66. The minimum Gasteiger partial charge on any atom is -0.494 e. The van der Waals surface area contributed by atoms with Crippen LogP contribution in [0.3, 0.4) is 0 Å². The van der Waals surface area contributed by atoms with Crippen LogP contribution >= 0.6 is 11.3 Å². The number of H-pyrrole nitrogens is 1. The van der Waals surface area contributed by atoms with Crippen molar-refractivity contribution in [3.8, 4) is 11.4 Å². The molecule has 0 spiro atoms. The Hall–Kier alpha value is -3.84. The standard InChI is InChI=1S/C28H25N3O3S/c1-2-34-20-12-10-17(11-13-20)24-25-21(15-18(16-22(25)32)23-9-6-14-35-23)29-27-26(24)28(33)31(30-27)19-7-4-3-5-8-19/h3-14,18,24,29-30H,2,15-16H2,1H3/t18-,24-/m1/s1. The third-order valence-electron chi connectivity index (χ3n) is 6.77. The number of carbonyl (C=O) groups excluding carboxylic acids is 1. The van der Waals surface area contributed by atoms with Crippen LogP contribution in [0.5, 0.6) is 5.75 Å². The zero-order valence-electron chi connectivity index (χ0n) is 19.3. The average molecular weight is 484 g/mol. The van der Waals surface area contributed by atoms with Crippen molar-refractivity contribution < 1.29 is 9.53 Å². The van der Waals surface area contributed by atoms with Crippen molar-refractivity contribution in [1.29, 1.82) is 0 Å². The van der Waals surface area contributed by atoms with Gasteiger partial charge in [-0.1, -0.05) is 36.4 Å². The molecule has 3 heterocycles. The Balaban J connectivity index is 1.50. The Morgan fingerprint density at radius 1 is 1.00 bits per heavy atom. The molecule has 176 valence electrons. The second-order valence-corrected chi connectivity index (χ2v) is 9.85. The van der Waals surface area contributed by atoms with Gasteiger partial charge in [0.25, 0.3) is 5.56 Å².